The Kier molecular flexibility index (Phi) is 7.57. The molecule has 7 nitrogen and oxygen atoms in total. The van der Waals surface area contributed by atoms with E-state index in [0.717, 1.165) is 36.6 Å². The van der Waals surface area contributed by atoms with Crippen molar-refractivity contribution < 1.29 is 17.9 Å². The van der Waals surface area contributed by atoms with E-state index in [2.05, 4.69) is 22.3 Å². The molecule has 1 aliphatic heterocycles. The summed E-state index contributed by atoms with van der Waals surface area (Å²) in [6.07, 6.45) is 1.70. The second kappa shape index (κ2) is 9.45. The quantitative estimate of drug-likeness (QED) is 0.714. The molecule has 0 saturated carbocycles. The van der Waals surface area contributed by atoms with Gasteiger partial charge in [-0.25, -0.2) is 8.42 Å². The van der Waals surface area contributed by atoms with Crippen LogP contribution in [-0.4, -0.2) is 75.2 Å². The number of sulfonamides is 1. The molecule has 0 spiro atoms. The van der Waals surface area contributed by atoms with Crippen LogP contribution in [-0.2, 0) is 26.1 Å². The molecule has 0 aliphatic carbocycles. The second-order valence-electron chi connectivity index (χ2n) is 6.73. The van der Waals surface area contributed by atoms with E-state index in [0.29, 0.717) is 6.61 Å². The maximum Gasteiger partial charge on any atom is 0.235 e. The Morgan fingerprint density at radius 1 is 1.38 bits per heavy atom. The molecule has 8 heteroatoms. The minimum atomic E-state index is -3.38. The number of benzene rings is 1. The van der Waals surface area contributed by atoms with Gasteiger partial charge < -0.3 is 10.1 Å². The van der Waals surface area contributed by atoms with Crippen LogP contribution in [0.1, 0.15) is 18.9 Å². The first-order chi connectivity index (χ1) is 12.3. The van der Waals surface area contributed by atoms with Crippen molar-refractivity contribution in [1.82, 2.24) is 14.5 Å². The van der Waals surface area contributed by atoms with E-state index in [1.807, 2.05) is 25.1 Å². The smallest absolute Gasteiger partial charge is 0.235 e. The predicted octanol–water partition coefficient (Wildman–Crippen LogP) is 0.674. The molecule has 1 fully saturated rings. The van der Waals surface area contributed by atoms with Crippen LogP contribution in [0.2, 0.25) is 0 Å². The van der Waals surface area contributed by atoms with Crippen LogP contribution >= 0.6 is 0 Å². The summed E-state index contributed by atoms with van der Waals surface area (Å²) in [5.41, 5.74) is 1.25. The summed E-state index contributed by atoms with van der Waals surface area (Å²) in [4.78, 5) is 14.5. The average molecular weight is 384 g/mol. The van der Waals surface area contributed by atoms with Crippen LogP contribution in [0.3, 0.4) is 0 Å². The van der Waals surface area contributed by atoms with Crippen molar-refractivity contribution in [2.75, 3.05) is 39.5 Å². The van der Waals surface area contributed by atoms with Crippen molar-refractivity contribution in [1.29, 1.82) is 0 Å². The summed E-state index contributed by atoms with van der Waals surface area (Å²) < 4.78 is 29.8. The van der Waals surface area contributed by atoms with E-state index < -0.39 is 10.0 Å². The van der Waals surface area contributed by atoms with Gasteiger partial charge in [0.25, 0.3) is 0 Å². The van der Waals surface area contributed by atoms with Gasteiger partial charge in [-0.15, -0.1) is 0 Å². The lowest BCUT2D eigenvalue weighted by Crippen LogP contribution is -2.54. The van der Waals surface area contributed by atoms with Gasteiger partial charge in [0, 0.05) is 26.7 Å². The van der Waals surface area contributed by atoms with Gasteiger partial charge in [-0.05, 0) is 12.0 Å². The normalized spacial score (nSPS) is 20.1. The van der Waals surface area contributed by atoms with Gasteiger partial charge in [0.2, 0.25) is 15.9 Å². The van der Waals surface area contributed by atoms with Gasteiger partial charge >= 0.3 is 0 Å². The Hall–Kier alpha value is -1.48. The lowest BCUT2D eigenvalue weighted by Gasteiger charge is -2.37. The maximum atomic E-state index is 12.2. The zero-order valence-corrected chi connectivity index (χ0v) is 16.5. The van der Waals surface area contributed by atoms with Crippen LogP contribution < -0.4 is 5.32 Å². The van der Waals surface area contributed by atoms with Gasteiger partial charge in [-0.2, -0.15) is 4.31 Å². The van der Waals surface area contributed by atoms with Crippen LogP contribution in [0.25, 0.3) is 0 Å². The summed E-state index contributed by atoms with van der Waals surface area (Å²) >= 11 is 0. The fraction of sp³-hybridized carbons (Fsp3) is 0.611. The maximum absolute atomic E-state index is 12.2. The molecule has 26 heavy (non-hydrogen) atoms. The molecule has 146 valence electrons. The van der Waals surface area contributed by atoms with Crippen molar-refractivity contribution in [3.8, 4) is 0 Å². The first-order valence-corrected chi connectivity index (χ1v) is 10.7. The highest BCUT2D eigenvalue weighted by Gasteiger charge is 2.29. The molecule has 2 rings (SSSR count). The summed E-state index contributed by atoms with van der Waals surface area (Å²) in [6, 6.07) is 10.1. The summed E-state index contributed by atoms with van der Waals surface area (Å²) in [5.74, 6) is -0.312. The molecule has 1 amide bonds. The Bertz CT molecular complexity index is 681. The van der Waals surface area contributed by atoms with E-state index in [4.69, 9.17) is 4.74 Å². The molecule has 1 heterocycles. The summed E-state index contributed by atoms with van der Waals surface area (Å²) in [6.45, 7) is 4.86. The van der Waals surface area contributed by atoms with Crippen LogP contribution in [0.15, 0.2) is 30.3 Å². The lowest BCUT2D eigenvalue weighted by atomic mass is 10.1. The number of nitrogens with zero attached hydrogens (tertiary/aromatic N) is 2. The highest BCUT2D eigenvalue weighted by Crippen LogP contribution is 2.14. The zero-order valence-electron chi connectivity index (χ0n) is 15.7. The summed E-state index contributed by atoms with van der Waals surface area (Å²) in [5, 5.41) is 2.93. The fourth-order valence-corrected chi connectivity index (χ4v) is 3.34. The van der Waals surface area contributed by atoms with Gasteiger partial charge in [0.1, 0.15) is 0 Å². The molecule has 1 aromatic carbocycles. The second-order valence-corrected chi connectivity index (χ2v) is 8.82. The van der Waals surface area contributed by atoms with E-state index in [1.54, 1.807) is 0 Å². The Morgan fingerprint density at radius 2 is 2.08 bits per heavy atom. The van der Waals surface area contributed by atoms with Crippen molar-refractivity contribution >= 4 is 15.9 Å². The molecular formula is C18H29N3O4S. The van der Waals surface area contributed by atoms with E-state index >= 15 is 0 Å². The Morgan fingerprint density at radius 3 is 2.69 bits per heavy atom. The minimum Gasteiger partial charge on any atom is -0.373 e. The SMILES string of the molecule is CCC(NC(=O)CN(C)S(C)(=O)=O)C1CN(Cc2ccccc2)CCO1. The molecule has 1 saturated heterocycles. The monoisotopic (exact) mass is 383 g/mol. The number of amides is 1. The summed E-state index contributed by atoms with van der Waals surface area (Å²) in [7, 11) is -1.98. The number of hydrogen-bond donors (Lipinski definition) is 1. The first-order valence-electron chi connectivity index (χ1n) is 8.88. The first kappa shape index (κ1) is 20.8. The third-order valence-electron chi connectivity index (χ3n) is 4.59. The number of nitrogens with one attached hydrogen (secondary N) is 1. The Labute approximate surface area is 156 Å². The number of hydrogen-bond acceptors (Lipinski definition) is 5. The number of carbonyl (C=O) groups excluding carboxylic acids is 1. The zero-order chi connectivity index (χ0) is 19.2. The minimum absolute atomic E-state index is 0.107. The van der Waals surface area contributed by atoms with Gasteiger partial charge in [-0.1, -0.05) is 37.3 Å². The average Bonchev–Trinajstić information content (AvgIpc) is 2.60. The van der Waals surface area contributed by atoms with Crippen LogP contribution in [0.5, 0.6) is 0 Å². The number of ether oxygens (including phenoxy) is 1. The molecule has 0 aromatic heterocycles. The number of carbonyl (C=O) groups is 1. The topological polar surface area (TPSA) is 79.0 Å². The molecule has 1 aromatic rings. The highest BCUT2D eigenvalue weighted by atomic mass is 32.2. The molecule has 0 radical (unpaired) electrons. The largest absolute Gasteiger partial charge is 0.373 e. The van der Waals surface area contributed by atoms with E-state index in [1.165, 1.54) is 12.6 Å². The van der Waals surface area contributed by atoms with E-state index in [9.17, 15) is 13.2 Å². The van der Waals surface area contributed by atoms with Crippen LogP contribution in [0, 0.1) is 0 Å². The van der Waals surface area contributed by atoms with Gasteiger partial charge in [-0.3, -0.25) is 9.69 Å². The molecule has 2 unspecified atom stereocenters. The molecule has 2 atom stereocenters. The molecule has 1 N–H and O–H groups in total. The van der Waals surface area contributed by atoms with Crippen molar-refractivity contribution in [3.63, 3.8) is 0 Å². The molecule has 0 bridgehead atoms. The van der Waals surface area contributed by atoms with Crippen molar-refractivity contribution in [3.05, 3.63) is 35.9 Å². The predicted molar refractivity (Wildman–Crippen MR) is 101 cm³/mol. The van der Waals surface area contributed by atoms with Crippen molar-refractivity contribution in [2.24, 2.45) is 0 Å². The third-order valence-corrected chi connectivity index (χ3v) is 5.86. The number of rotatable bonds is 8. The number of likely N-dealkylation sites (N-methyl/N-ethyl adjacent to an activating group) is 1. The number of morpholine rings is 1. The standard InChI is InChI=1S/C18H29N3O4S/c1-4-16(19-18(22)14-20(2)26(3,23)24)17-13-21(10-11-25-17)12-15-8-6-5-7-9-15/h5-9,16-17H,4,10-14H2,1-3H3,(H,19,22). The highest BCUT2D eigenvalue weighted by molar-refractivity contribution is 7.88. The molecular weight excluding hydrogens is 354 g/mol. The Balaban J connectivity index is 1.90. The van der Waals surface area contributed by atoms with E-state index in [-0.39, 0.29) is 24.6 Å². The van der Waals surface area contributed by atoms with Gasteiger partial charge in [0.05, 0.1) is 31.6 Å². The third kappa shape index (κ3) is 6.35. The van der Waals surface area contributed by atoms with Gasteiger partial charge in [0.15, 0.2) is 0 Å². The van der Waals surface area contributed by atoms with Crippen molar-refractivity contribution in [2.45, 2.75) is 32.0 Å². The lowest BCUT2D eigenvalue weighted by molar-refractivity contribution is -0.124. The van der Waals surface area contributed by atoms with Crippen LogP contribution in [0.4, 0.5) is 0 Å². The molecule has 1 aliphatic rings. The fourth-order valence-electron chi connectivity index (χ4n) is 2.99.